The second-order valence-corrected chi connectivity index (χ2v) is 9.95. The van der Waals surface area contributed by atoms with Crippen molar-refractivity contribution in [1.29, 1.82) is 0 Å². The molecule has 3 aromatic rings. The maximum atomic E-state index is 13.1. The number of nitrogens with zero attached hydrogens (tertiary/aromatic N) is 6. The van der Waals surface area contributed by atoms with Gasteiger partial charge in [-0.15, -0.1) is 0 Å². The number of piperazine rings is 1. The van der Waals surface area contributed by atoms with E-state index in [2.05, 4.69) is 49.7 Å². The van der Waals surface area contributed by atoms with Gasteiger partial charge in [0.2, 0.25) is 11.9 Å². The van der Waals surface area contributed by atoms with Crippen LogP contribution in [0.25, 0.3) is 5.57 Å². The average Bonchev–Trinajstić information content (AvgIpc) is 3.51. The Morgan fingerprint density at radius 3 is 2.78 bits per heavy atom. The Morgan fingerprint density at radius 2 is 2.00 bits per heavy atom. The third-order valence-electron chi connectivity index (χ3n) is 7.48. The monoisotopic (exact) mass is 500 g/mol. The van der Waals surface area contributed by atoms with Crippen LogP contribution in [0, 0.1) is 0 Å². The maximum absolute atomic E-state index is 13.1. The molecule has 1 aromatic carbocycles. The summed E-state index contributed by atoms with van der Waals surface area (Å²) in [6.07, 6.45) is 8.40. The van der Waals surface area contributed by atoms with E-state index in [4.69, 9.17) is 9.72 Å². The first kappa shape index (κ1) is 23.8. The van der Waals surface area contributed by atoms with Crippen LogP contribution in [0.2, 0.25) is 0 Å². The molecule has 4 heterocycles. The molecule has 3 aliphatic rings. The van der Waals surface area contributed by atoms with E-state index in [0.717, 1.165) is 66.4 Å². The van der Waals surface area contributed by atoms with E-state index in [1.807, 2.05) is 36.0 Å². The van der Waals surface area contributed by atoms with E-state index in [1.54, 1.807) is 12.4 Å². The summed E-state index contributed by atoms with van der Waals surface area (Å²) in [6.45, 7) is 7.16. The van der Waals surface area contributed by atoms with E-state index in [0.29, 0.717) is 25.2 Å². The van der Waals surface area contributed by atoms with Crippen LogP contribution in [0.3, 0.4) is 0 Å². The Morgan fingerprint density at radius 1 is 1.16 bits per heavy atom. The highest BCUT2D eigenvalue weighted by Crippen LogP contribution is 2.36. The molecule has 2 N–H and O–H groups in total. The zero-order chi connectivity index (χ0) is 25.4. The molecule has 10 heteroatoms. The Kier molecular flexibility index (Phi) is 6.45. The molecule has 0 spiro atoms. The number of hydrogen-bond donors (Lipinski definition) is 2. The predicted molar refractivity (Wildman–Crippen MR) is 142 cm³/mol. The summed E-state index contributed by atoms with van der Waals surface area (Å²) < 4.78 is 7.16. The van der Waals surface area contributed by atoms with Crippen molar-refractivity contribution in [3.63, 3.8) is 0 Å². The van der Waals surface area contributed by atoms with Crippen LogP contribution >= 0.6 is 0 Å². The predicted octanol–water partition coefficient (Wildman–Crippen LogP) is 2.55. The molecular weight excluding hydrogens is 468 g/mol. The number of likely N-dealkylation sites (N-methyl/N-ethyl adjacent to an activating group) is 1. The minimum absolute atomic E-state index is 0.0361. The molecule has 1 amide bonds. The fourth-order valence-corrected chi connectivity index (χ4v) is 5.02. The van der Waals surface area contributed by atoms with E-state index in [9.17, 15) is 4.79 Å². The van der Waals surface area contributed by atoms with Crippen molar-refractivity contribution in [3.8, 4) is 0 Å². The summed E-state index contributed by atoms with van der Waals surface area (Å²) in [6, 6.07) is 8.11. The standard InChI is InChI=1S/C27H32N8O2/c1-18(34-12-10-33(2)11-13-34)26(36)31-24-5-3-4-21-22(24)6-7-23(21)25-8-9-28-27(32-25)30-19-14-29-35(15-19)20-16-37-17-20/h3-5,7-9,14-15,18,20H,6,10-13,16-17H2,1-2H3,(H,31,36)(H,28,30,32)/t18-/m1/s1. The van der Waals surface area contributed by atoms with Gasteiger partial charge in [0.05, 0.1) is 42.9 Å². The van der Waals surface area contributed by atoms with E-state index in [-0.39, 0.29) is 11.9 Å². The highest BCUT2D eigenvalue weighted by Gasteiger charge is 2.26. The molecular formula is C27H32N8O2. The molecule has 0 radical (unpaired) electrons. The highest BCUT2D eigenvalue weighted by atomic mass is 16.5. The van der Waals surface area contributed by atoms with Gasteiger partial charge in [0.15, 0.2) is 0 Å². The first-order valence-corrected chi connectivity index (χ1v) is 12.8. The molecule has 10 nitrogen and oxygen atoms in total. The first-order chi connectivity index (χ1) is 18.0. The van der Waals surface area contributed by atoms with Crippen LogP contribution in [-0.2, 0) is 16.0 Å². The van der Waals surface area contributed by atoms with Crippen molar-refractivity contribution >= 4 is 28.8 Å². The van der Waals surface area contributed by atoms with Crippen molar-refractivity contribution in [3.05, 3.63) is 65.8 Å². The zero-order valence-corrected chi connectivity index (χ0v) is 21.2. The normalized spacial score (nSPS) is 19.1. The first-order valence-electron chi connectivity index (χ1n) is 12.8. The van der Waals surface area contributed by atoms with Gasteiger partial charge in [-0.05, 0) is 43.7 Å². The van der Waals surface area contributed by atoms with Gasteiger partial charge in [-0.2, -0.15) is 5.10 Å². The number of aromatic nitrogens is 4. The lowest BCUT2D eigenvalue weighted by molar-refractivity contribution is -0.121. The van der Waals surface area contributed by atoms with E-state index in [1.165, 1.54) is 0 Å². The quantitative estimate of drug-likeness (QED) is 0.511. The molecule has 1 aliphatic carbocycles. The minimum atomic E-state index is -0.171. The topological polar surface area (TPSA) is 100 Å². The van der Waals surface area contributed by atoms with Gasteiger partial charge in [-0.1, -0.05) is 18.2 Å². The smallest absolute Gasteiger partial charge is 0.241 e. The SMILES string of the molecule is C[C@H](C(=O)Nc1cccc2c1CC=C2c1ccnc(Nc2cnn(C3COC3)c2)n1)N1CCN(C)CC1. The molecule has 2 fully saturated rings. The molecule has 2 aliphatic heterocycles. The number of fused-ring (bicyclic) bond motifs is 1. The van der Waals surface area contributed by atoms with Crippen molar-refractivity contribution < 1.29 is 9.53 Å². The number of carbonyl (C=O) groups is 1. The fraction of sp³-hybridized carbons (Fsp3) is 0.407. The van der Waals surface area contributed by atoms with E-state index >= 15 is 0 Å². The summed E-state index contributed by atoms with van der Waals surface area (Å²) in [7, 11) is 2.12. The average molecular weight is 501 g/mol. The Bertz CT molecular complexity index is 1320. The molecule has 2 saturated heterocycles. The number of nitrogens with one attached hydrogen (secondary N) is 2. The van der Waals surface area contributed by atoms with Crippen molar-refractivity contribution in [2.24, 2.45) is 0 Å². The van der Waals surface area contributed by atoms with Gasteiger partial charge < -0.3 is 20.3 Å². The molecule has 0 bridgehead atoms. The zero-order valence-electron chi connectivity index (χ0n) is 21.2. The Balaban J connectivity index is 1.16. The number of carbonyl (C=O) groups excluding carboxylic acids is 1. The summed E-state index contributed by atoms with van der Waals surface area (Å²) in [5.74, 6) is 0.552. The number of allylic oxidation sites excluding steroid dienone is 1. The van der Waals surface area contributed by atoms with Crippen molar-refractivity contribution in [2.75, 3.05) is 57.1 Å². The Hall–Kier alpha value is -3.60. The van der Waals surface area contributed by atoms with Gasteiger partial charge in [0.1, 0.15) is 0 Å². The van der Waals surface area contributed by atoms with Crippen LogP contribution in [0.15, 0.2) is 48.9 Å². The van der Waals surface area contributed by atoms with Gasteiger partial charge in [-0.25, -0.2) is 9.97 Å². The van der Waals surface area contributed by atoms with E-state index < -0.39 is 0 Å². The van der Waals surface area contributed by atoms with Gasteiger partial charge in [-0.3, -0.25) is 14.4 Å². The number of anilines is 3. The maximum Gasteiger partial charge on any atom is 0.241 e. The lowest BCUT2D eigenvalue weighted by Crippen LogP contribution is -2.51. The molecule has 1 atom stereocenters. The fourth-order valence-electron chi connectivity index (χ4n) is 5.02. The van der Waals surface area contributed by atoms with Crippen molar-refractivity contribution in [1.82, 2.24) is 29.5 Å². The molecule has 192 valence electrons. The molecule has 37 heavy (non-hydrogen) atoms. The lowest BCUT2D eigenvalue weighted by atomic mass is 10.0. The number of amides is 1. The number of rotatable bonds is 7. The highest BCUT2D eigenvalue weighted by molar-refractivity contribution is 5.97. The second kappa shape index (κ2) is 10.0. The molecule has 6 rings (SSSR count). The number of hydrogen-bond acceptors (Lipinski definition) is 8. The summed E-state index contributed by atoms with van der Waals surface area (Å²) in [5, 5.41) is 10.9. The van der Waals surface area contributed by atoms with Crippen LogP contribution in [0.1, 0.15) is 29.8 Å². The second-order valence-electron chi connectivity index (χ2n) is 9.95. The van der Waals surface area contributed by atoms with Crippen LogP contribution in [0.4, 0.5) is 17.3 Å². The van der Waals surface area contributed by atoms with Crippen LogP contribution < -0.4 is 10.6 Å². The third-order valence-corrected chi connectivity index (χ3v) is 7.48. The summed E-state index contributed by atoms with van der Waals surface area (Å²) in [5.41, 5.74) is 5.80. The molecule has 2 aromatic heterocycles. The van der Waals surface area contributed by atoms with Crippen molar-refractivity contribution in [2.45, 2.75) is 25.4 Å². The van der Waals surface area contributed by atoms with Gasteiger partial charge in [0, 0.05) is 49.8 Å². The largest absolute Gasteiger partial charge is 0.377 e. The summed E-state index contributed by atoms with van der Waals surface area (Å²) in [4.78, 5) is 26.8. The number of benzene rings is 1. The molecule has 0 unspecified atom stereocenters. The molecule has 0 saturated carbocycles. The van der Waals surface area contributed by atoms with Gasteiger partial charge >= 0.3 is 0 Å². The number of ether oxygens (including phenoxy) is 1. The lowest BCUT2D eigenvalue weighted by Gasteiger charge is -2.35. The summed E-state index contributed by atoms with van der Waals surface area (Å²) >= 11 is 0. The van der Waals surface area contributed by atoms with Crippen LogP contribution in [-0.4, -0.2) is 87.9 Å². The Labute approximate surface area is 216 Å². The van der Waals surface area contributed by atoms with Crippen LogP contribution in [0.5, 0.6) is 0 Å². The third kappa shape index (κ3) is 4.87. The van der Waals surface area contributed by atoms with Gasteiger partial charge in [0.25, 0.3) is 0 Å². The minimum Gasteiger partial charge on any atom is -0.377 e.